The van der Waals surface area contributed by atoms with Gasteiger partial charge in [-0.2, -0.15) is 26.3 Å². The van der Waals surface area contributed by atoms with Gasteiger partial charge in [-0.3, -0.25) is 0 Å². The fraction of sp³-hybridized carbons (Fsp3) is 0.500. The first-order chi connectivity index (χ1) is 8.43. The second kappa shape index (κ2) is 4.94. The Bertz CT molecular complexity index is 433. The van der Waals surface area contributed by atoms with Crippen molar-refractivity contribution in [1.82, 2.24) is 0 Å². The van der Waals surface area contributed by atoms with Gasteiger partial charge < -0.3 is 4.74 Å². The van der Waals surface area contributed by atoms with Gasteiger partial charge in [0.2, 0.25) is 0 Å². The summed E-state index contributed by atoms with van der Waals surface area (Å²) in [5.41, 5.74) is -3.10. The highest BCUT2D eigenvalue weighted by atomic mass is 19.4. The molecular formula is C12H12F6O. The van der Waals surface area contributed by atoms with Crippen LogP contribution in [-0.2, 0) is 6.18 Å². The van der Waals surface area contributed by atoms with E-state index in [1.165, 1.54) is 6.07 Å². The highest BCUT2D eigenvalue weighted by Crippen LogP contribution is 2.38. The lowest BCUT2D eigenvalue weighted by Crippen LogP contribution is -2.37. The normalized spacial score (nSPS) is 13.5. The van der Waals surface area contributed by atoms with E-state index in [-0.39, 0.29) is 5.75 Å². The Kier molecular flexibility index (Phi) is 4.07. The molecule has 0 aliphatic rings. The first-order valence-electron chi connectivity index (χ1n) is 5.30. The maximum absolute atomic E-state index is 12.5. The Hall–Kier alpha value is -1.40. The van der Waals surface area contributed by atoms with E-state index in [0.29, 0.717) is 6.07 Å². The van der Waals surface area contributed by atoms with Gasteiger partial charge in [0.15, 0.2) is 0 Å². The molecule has 0 saturated heterocycles. The van der Waals surface area contributed by atoms with E-state index in [1.54, 1.807) is 0 Å². The molecule has 108 valence electrons. The van der Waals surface area contributed by atoms with E-state index in [2.05, 4.69) is 0 Å². The van der Waals surface area contributed by atoms with Crippen molar-refractivity contribution in [2.75, 3.05) is 6.61 Å². The Morgan fingerprint density at radius 2 is 1.58 bits per heavy atom. The number of hydrogen-bond donors (Lipinski definition) is 0. The van der Waals surface area contributed by atoms with Crippen LogP contribution in [0.15, 0.2) is 24.3 Å². The van der Waals surface area contributed by atoms with Crippen molar-refractivity contribution in [1.29, 1.82) is 0 Å². The zero-order valence-electron chi connectivity index (χ0n) is 10.2. The minimum absolute atomic E-state index is 0.243. The second-order valence-corrected chi connectivity index (χ2v) is 4.70. The molecule has 0 unspecified atom stereocenters. The van der Waals surface area contributed by atoms with Crippen molar-refractivity contribution in [3.05, 3.63) is 29.8 Å². The molecule has 7 heteroatoms. The van der Waals surface area contributed by atoms with Gasteiger partial charge in [-0.25, -0.2) is 0 Å². The number of hydrogen-bond acceptors (Lipinski definition) is 1. The topological polar surface area (TPSA) is 9.23 Å². The fourth-order valence-electron chi connectivity index (χ4n) is 1.11. The maximum Gasteiger partial charge on any atom is 0.416 e. The predicted octanol–water partition coefficient (Wildman–Crippen LogP) is 4.67. The molecule has 1 nitrogen and oxygen atoms in total. The van der Waals surface area contributed by atoms with Crippen LogP contribution in [0.1, 0.15) is 19.4 Å². The highest BCUT2D eigenvalue weighted by molar-refractivity contribution is 5.30. The molecule has 0 atom stereocenters. The average Bonchev–Trinajstić information content (AvgIpc) is 2.24. The summed E-state index contributed by atoms with van der Waals surface area (Å²) in [6.45, 7) is 1.08. The van der Waals surface area contributed by atoms with Gasteiger partial charge in [0.05, 0.1) is 11.0 Å². The molecule has 0 amide bonds. The van der Waals surface area contributed by atoms with E-state index in [0.717, 1.165) is 26.0 Å². The summed E-state index contributed by atoms with van der Waals surface area (Å²) in [6.07, 6.45) is -9.05. The monoisotopic (exact) mass is 286 g/mol. The number of benzene rings is 1. The van der Waals surface area contributed by atoms with Crippen molar-refractivity contribution in [3.63, 3.8) is 0 Å². The zero-order chi connectivity index (χ0) is 14.9. The SMILES string of the molecule is CC(C)(COc1cccc(C(F)(F)F)c1)C(F)(F)F. The van der Waals surface area contributed by atoms with Gasteiger partial charge in [-0.1, -0.05) is 6.07 Å². The summed E-state index contributed by atoms with van der Waals surface area (Å²) < 4.78 is 79.6. The first-order valence-corrected chi connectivity index (χ1v) is 5.30. The molecule has 19 heavy (non-hydrogen) atoms. The third kappa shape index (κ3) is 4.04. The minimum Gasteiger partial charge on any atom is -0.493 e. The average molecular weight is 286 g/mol. The Morgan fingerprint density at radius 1 is 1.00 bits per heavy atom. The number of alkyl halides is 6. The van der Waals surface area contributed by atoms with Crippen molar-refractivity contribution in [2.45, 2.75) is 26.2 Å². The lowest BCUT2D eigenvalue weighted by Gasteiger charge is -2.27. The molecule has 0 fully saturated rings. The second-order valence-electron chi connectivity index (χ2n) is 4.70. The third-order valence-electron chi connectivity index (χ3n) is 2.53. The number of halogens is 6. The van der Waals surface area contributed by atoms with Crippen LogP contribution in [0.3, 0.4) is 0 Å². The molecule has 1 rings (SSSR count). The molecule has 0 N–H and O–H groups in total. The summed E-state index contributed by atoms with van der Waals surface area (Å²) >= 11 is 0. The predicted molar refractivity (Wildman–Crippen MR) is 56.8 cm³/mol. The summed E-state index contributed by atoms with van der Waals surface area (Å²) in [6, 6.07) is 3.76. The van der Waals surface area contributed by atoms with Crippen LogP contribution in [0.25, 0.3) is 0 Å². The molecule has 0 spiro atoms. The van der Waals surface area contributed by atoms with Gasteiger partial charge in [0.1, 0.15) is 12.4 Å². The first kappa shape index (κ1) is 15.7. The molecule has 0 aromatic heterocycles. The molecule has 0 saturated carbocycles. The van der Waals surface area contributed by atoms with Gasteiger partial charge in [-0.05, 0) is 32.0 Å². The molecule has 1 aromatic rings. The smallest absolute Gasteiger partial charge is 0.416 e. The molecule has 0 heterocycles. The summed E-state index contributed by atoms with van der Waals surface area (Å²) in [5.74, 6) is -0.243. The Balaban J connectivity index is 2.80. The summed E-state index contributed by atoms with van der Waals surface area (Å²) in [7, 11) is 0. The molecule has 0 bridgehead atoms. The van der Waals surface area contributed by atoms with Gasteiger partial charge in [0, 0.05) is 0 Å². The van der Waals surface area contributed by atoms with Gasteiger partial charge in [0.25, 0.3) is 0 Å². The van der Waals surface area contributed by atoms with Crippen LogP contribution < -0.4 is 4.74 Å². The van der Waals surface area contributed by atoms with Crippen LogP contribution >= 0.6 is 0 Å². The molecule has 0 aliphatic carbocycles. The van der Waals surface area contributed by atoms with Crippen molar-refractivity contribution < 1.29 is 31.1 Å². The molecule has 0 radical (unpaired) electrons. The lowest BCUT2D eigenvalue weighted by atomic mass is 9.94. The fourth-order valence-corrected chi connectivity index (χ4v) is 1.11. The van der Waals surface area contributed by atoms with Crippen LogP contribution in [-0.4, -0.2) is 12.8 Å². The maximum atomic E-state index is 12.5. The number of rotatable bonds is 3. The van der Waals surface area contributed by atoms with Gasteiger partial charge in [-0.15, -0.1) is 0 Å². The van der Waals surface area contributed by atoms with E-state index in [9.17, 15) is 26.3 Å². The number of ether oxygens (including phenoxy) is 1. The Labute approximate surface area is 106 Å². The van der Waals surface area contributed by atoms with Crippen molar-refractivity contribution >= 4 is 0 Å². The largest absolute Gasteiger partial charge is 0.493 e. The quantitative estimate of drug-likeness (QED) is 0.733. The minimum atomic E-state index is -4.56. The van der Waals surface area contributed by atoms with Crippen LogP contribution in [0, 0.1) is 5.41 Å². The Morgan fingerprint density at radius 3 is 2.05 bits per heavy atom. The standard InChI is InChI=1S/C12H12F6O/c1-10(2,12(16,17)18)7-19-9-5-3-4-8(6-9)11(13,14)15/h3-6H,7H2,1-2H3. The van der Waals surface area contributed by atoms with Crippen molar-refractivity contribution in [3.8, 4) is 5.75 Å². The van der Waals surface area contributed by atoms with E-state index in [4.69, 9.17) is 4.74 Å². The lowest BCUT2D eigenvalue weighted by molar-refractivity contribution is -0.219. The highest BCUT2D eigenvalue weighted by Gasteiger charge is 2.48. The van der Waals surface area contributed by atoms with Crippen LogP contribution in [0.5, 0.6) is 5.75 Å². The molecular weight excluding hydrogens is 274 g/mol. The zero-order valence-corrected chi connectivity index (χ0v) is 10.2. The van der Waals surface area contributed by atoms with Gasteiger partial charge >= 0.3 is 12.4 Å². The van der Waals surface area contributed by atoms with Crippen molar-refractivity contribution in [2.24, 2.45) is 5.41 Å². The molecule has 0 aliphatic heterocycles. The van der Waals surface area contributed by atoms with Crippen LogP contribution in [0.2, 0.25) is 0 Å². The van der Waals surface area contributed by atoms with E-state index >= 15 is 0 Å². The van der Waals surface area contributed by atoms with E-state index in [1.807, 2.05) is 0 Å². The van der Waals surface area contributed by atoms with Crippen LogP contribution in [0.4, 0.5) is 26.3 Å². The molecule has 1 aromatic carbocycles. The van der Waals surface area contributed by atoms with E-state index < -0.39 is 29.9 Å². The third-order valence-corrected chi connectivity index (χ3v) is 2.53. The summed E-state index contributed by atoms with van der Waals surface area (Å²) in [5, 5.41) is 0. The summed E-state index contributed by atoms with van der Waals surface area (Å²) in [4.78, 5) is 0.